The first kappa shape index (κ1) is 13.0. The normalized spacial score (nSPS) is 12.9. The quantitative estimate of drug-likeness (QED) is 0.897. The fraction of sp³-hybridized carbons (Fsp3) is 0.438. The van der Waals surface area contributed by atoms with Gasteiger partial charge in [0.05, 0.1) is 5.52 Å². The van der Waals surface area contributed by atoms with E-state index in [0.717, 1.165) is 24.2 Å². The molecule has 0 aliphatic heterocycles. The Morgan fingerprint density at radius 2 is 1.89 bits per heavy atom. The molecule has 1 aromatic heterocycles. The van der Waals surface area contributed by atoms with E-state index in [1.165, 1.54) is 22.1 Å². The van der Waals surface area contributed by atoms with Crippen molar-refractivity contribution in [1.82, 2.24) is 4.98 Å². The van der Waals surface area contributed by atoms with Crippen LogP contribution < -0.4 is 5.73 Å². The molecule has 2 aromatic rings. The number of pyridine rings is 1. The summed E-state index contributed by atoms with van der Waals surface area (Å²) in [4.78, 5) is 4.66. The van der Waals surface area contributed by atoms with Crippen molar-refractivity contribution in [3.05, 3.63) is 40.6 Å². The lowest BCUT2D eigenvalue weighted by Gasteiger charge is -2.14. The number of nitrogens with zero attached hydrogens (tertiary/aromatic N) is 1. The Morgan fingerprint density at radius 3 is 2.56 bits per heavy atom. The third-order valence-electron chi connectivity index (χ3n) is 3.43. The lowest BCUT2D eigenvalue weighted by Crippen LogP contribution is -2.13. The molecule has 96 valence electrons. The molecule has 0 radical (unpaired) electrons. The Balaban J connectivity index is 2.64. The number of hydrogen-bond donors (Lipinski definition) is 1. The Hall–Kier alpha value is -1.41. The van der Waals surface area contributed by atoms with Crippen molar-refractivity contribution in [2.45, 2.75) is 34.1 Å². The SMILES string of the molecule is Cc1cc(C)c2c(CC(C)CN)cc(C)nc2c1. The van der Waals surface area contributed by atoms with Gasteiger partial charge < -0.3 is 5.73 Å². The Labute approximate surface area is 109 Å². The number of aromatic nitrogens is 1. The molecule has 0 bridgehead atoms. The molecule has 0 saturated carbocycles. The molecule has 1 aromatic carbocycles. The van der Waals surface area contributed by atoms with Gasteiger partial charge in [-0.05, 0) is 68.5 Å². The van der Waals surface area contributed by atoms with E-state index >= 15 is 0 Å². The topological polar surface area (TPSA) is 38.9 Å². The van der Waals surface area contributed by atoms with Crippen LogP contribution in [0.2, 0.25) is 0 Å². The molecule has 0 spiro atoms. The molecule has 0 saturated heterocycles. The highest BCUT2D eigenvalue weighted by molar-refractivity contribution is 5.86. The van der Waals surface area contributed by atoms with E-state index in [9.17, 15) is 0 Å². The summed E-state index contributed by atoms with van der Waals surface area (Å²) in [5.41, 5.74) is 11.9. The molecule has 0 aliphatic carbocycles. The maximum absolute atomic E-state index is 5.75. The zero-order valence-corrected chi connectivity index (χ0v) is 11.7. The molecule has 0 amide bonds. The smallest absolute Gasteiger partial charge is 0.0713 e. The zero-order valence-electron chi connectivity index (χ0n) is 11.7. The fourth-order valence-electron chi connectivity index (χ4n) is 2.62. The van der Waals surface area contributed by atoms with Crippen LogP contribution in [0.15, 0.2) is 18.2 Å². The summed E-state index contributed by atoms with van der Waals surface area (Å²) in [5.74, 6) is 0.510. The predicted octanol–water partition coefficient (Wildman–Crippen LogP) is 3.30. The van der Waals surface area contributed by atoms with E-state index in [2.05, 4.69) is 50.9 Å². The lowest BCUT2D eigenvalue weighted by atomic mass is 9.94. The molecule has 2 heteroatoms. The van der Waals surface area contributed by atoms with Gasteiger partial charge in [-0.1, -0.05) is 13.0 Å². The van der Waals surface area contributed by atoms with Crippen LogP contribution in [0.3, 0.4) is 0 Å². The van der Waals surface area contributed by atoms with Gasteiger partial charge in [0.25, 0.3) is 0 Å². The number of fused-ring (bicyclic) bond motifs is 1. The molecule has 1 atom stereocenters. The van der Waals surface area contributed by atoms with Crippen LogP contribution in [-0.2, 0) is 6.42 Å². The Kier molecular flexibility index (Phi) is 3.67. The zero-order chi connectivity index (χ0) is 13.3. The molecule has 1 heterocycles. The predicted molar refractivity (Wildman–Crippen MR) is 77.9 cm³/mol. The minimum absolute atomic E-state index is 0.510. The van der Waals surface area contributed by atoms with Crippen LogP contribution in [0.1, 0.15) is 29.3 Å². The Morgan fingerprint density at radius 1 is 1.17 bits per heavy atom. The first-order valence-electron chi connectivity index (χ1n) is 6.58. The fourth-order valence-corrected chi connectivity index (χ4v) is 2.62. The largest absolute Gasteiger partial charge is 0.330 e. The highest BCUT2D eigenvalue weighted by atomic mass is 14.7. The maximum atomic E-state index is 5.75. The van der Waals surface area contributed by atoms with Crippen molar-refractivity contribution in [1.29, 1.82) is 0 Å². The molecular formula is C16H22N2. The summed E-state index contributed by atoms with van der Waals surface area (Å²) in [5, 5.41) is 1.31. The van der Waals surface area contributed by atoms with E-state index in [4.69, 9.17) is 5.73 Å². The second kappa shape index (κ2) is 5.07. The summed E-state index contributed by atoms with van der Waals surface area (Å²) in [6, 6.07) is 6.61. The van der Waals surface area contributed by atoms with Crippen LogP contribution in [0.4, 0.5) is 0 Å². The minimum Gasteiger partial charge on any atom is -0.330 e. The molecule has 0 aliphatic rings. The average molecular weight is 242 g/mol. The monoisotopic (exact) mass is 242 g/mol. The first-order valence-corrected chi connectivity index (χ1v) is 6.58. The molecule has 2 N–H and O–H groups in total. The maximum Gasteiger partial charge on any atom is 0.0713 e. The van der Waals surface area contributed by atoms with Gasteiger partial charge >= 0.3 is 0 Å². The van der Waals surface area contributed by atoms with E-state index in [0.29, 0.717) is 5.92 Å². The van der Waals surface area contributed by atoms with Gasteiger partial charge in [-0.2, -0.15) is 0 Å². The van der Waals surface area contributed by atoms with Gasteiger partial charge in [0.15, 0.2) is 0 Å². The number of benzene rings is 1. The molecular weight excluding hydrogens is 220 g/mol. The van der Waals surface area contributed by atoms with E-state index in [-0.39, 0.29) is 0 Å². The average Bonchev–Trinajstić information content (AvgIpc) is 2.26. The summed E-state index contributed by atoms with van der Waals surface area (Å²) in [7, 11) is 0. The molecule has 1 unspecified atom stereocenters. The van der Waals surface area contributed by atoms with Crippen LogP contribution in [0, 0.1) is 26.7 Å². The highest BCUT2D eigenvalue weighted by Gasteiger charge is 2.10. The third kappa shape index (κ3) is 2.54. The highest BCUT2D eigenvalue weighted by Crippen LogP contribution is 2.25. The summed E-state index contributed by atoms with van der Waals surface area (Å²) in [6.45, 7) is 9.29. The van der Waals surface area contributed by atoms with Crippen molar-refractivity contribution in [3.8, 4) is 0 Å². The Bertz CT molecular complexity index is 568. The van der Waals surface area contributed by atoms with Crippen LogP contribution in [-0.4, -0.2) is 11.5 Å². The van der Waals surface area contributed by atoms with Crippen molar-refractivity contribution in [2.75, 3.05) is 6.54 Å². The molecule has 18 heavy (non-hydrogen) atoms. The van der Waals surface area contributed by atoms with Crippen LogP contribution in [0.5, 0.6) is 0 Å². The van der Waals surface area contributed by atoms with Crippen molar-refractivity contribution >= 4 is 10.9 Å². The minimum atomic E-state index is 0.510. The van der Waals surface area contributed by atoms with E-state index in [1.54, 1.807) is 0 Å². The number of rotatable bonds is 3. The second-order valence-electron chi connectivity index (χ2n) is 5.44. The summed E-state index contributed by atoms with van der Waals surface area (Å²) < 4.78 is 0. The summed E-state index contributed by atoms with van der Waals surface area (Å²) >= 11 is 0. The standard InChI is InChI=1S/C16H22N2/c1-10-5-12(3)16-14(6-11(2)9-17)8-13(4)18-15(16)7-10/h5,7-8,11H,6,9,17H2,1-4H3. The summed E-state index contributed by atoms with van der Waals surface area (Å²) in [6.07, 6.45) is 1.03. The van der Waals surface area contributed by atoms with Crippen molar-refractivity contribution in [2.24, 2.45) is 11.7 Å². The molecule has 2 nitrogen and oxygen atoms in total. The van der Waals surface area contributed by atoms with Gasteiger partial charge in [-0.3, -0.25) is 4.98 Å². The van der Waals surface area contributed by atoms with Crippen LogP contribution >= 0.6 is 0 Å². The van der Waals surface area contributed by atoms with Gasteiger partial charge in [-0.15, -0.1) is 0 Å². The number of hydrogen-bond acceptors (Lipinski definition) is 2. The van der Waals surface area contributed by atoms with Crippen LogP contribution in [0.25, 0.3) is 10.9 Å². The number of nitrogens with two attached hydrogens (primary N) is 1. The lowest BCUT2D eigenvalue weighted by molar-refractivity contribution is 0.594. The first-order chi connectivity index (χ1) is 8.51. The molecule has 0 fully saturated rings. The third-order valence-corrected chi connectivity index (χ3v) is 3.43. The van der Waals surface area contributed by atoms with Gasteiger partial charge in [0.1, 0.15) is 0 Å². The van der Waals surface area contributed by atoms with Gasteiger partial charge in [-0.25, -0.2) is 0 Å². The molecule has 2 rings (SSSR count). The van der Waals surface area contributed by atoms with Crippen molar-refractivity contribution < 1.29 is 0 Å². The van der Waals surface area contributed by atoms with Crippen molar-refractivity contribution in [3.63, 3.8) is 0 Å². The van der Waals surface area contributed by atoms with E-state index in [1.807, 2.05) is 0 Å². The van der Waals surface area contributed by atoms with Gasteiger partial charge in [0.2, 0.25) is 0 Å². The van der Waals surface area contributed by atoms with Gasteiger partial charge in [0, 0.05) is 11.1 Å². The second-order valence-corrected chi connectivity index (χ2v) is 5.44. The van der Waals surface area contributed by atoms with E-state index < -0.39 is 0 Å². The number of aryl methyl sites for hydroxylation is 3.